The second-order valence-corrected chi connectivity index (χ2v) is 15.3. The minimum Gasteiger partial charge on any atom is -0.478 e. The van der Waals surface area contributed by atoms with Crippen molar-refractivity contribution < 1.29 is 9.90 Å². The van der Waals surface area contributed by atoms with Crippen molar-refractivity contribution in [1.29, 1.82) is 0 Å². The molecule has 0 saturated carbocycles. The van der Waals surface area contributed by atoms with E-state index in [1.807, 2.05) is 6.92 Å². The summed E-state index contributed by atoms with van der Waals surface area (Å²) in [7, 11) is -2.01. The third-order valence-corrected chi connectivity index (χ3v) is 8.37. The quantitative estimate of drug-likeness (QED) is 0.747. The zero-order valence-corrected chi connectivity index (χ0v) is 12.0. The highest BCUT2D eigenvalue weighted by molar-refractivity contribution is 7.78. The van der Waals surface area contributed by atoms with Gasteiger partial charge in [0.2, 0.25) is 0 Å². The Kier molecular flexibility index (Phi) is 5.02. The third-order valence-electron chi connectivity index (χ3n) is 2.75. The van der Waals surface area contributed by atoms with Gasteiger partial charge in [-0.05, 0) is 6.92 Å². The minimum atomic E-state index is -1.26. The number of rotatable bonds is 5. The Morgan fingerprint density at radius 1 is 1.14 bits per heavy atom. The largest absolute Gasteiger partial charge is 0.478 e. The Morgan fingerprint density at radius 2 is 1.57 bits per heavy atom. The van der Waals surface area contributed by atoms with Crippen molar-refractivity contribution in [3.63, 3.8) is 0 Å². The molecule has 0 aliphatic rings. The average Bonchev–Trinajstić information content (AvgIpc) is 1.98. The molecule has 0 aromatic heterocycles. The number of carboxylic acids is 1. The van der Waals surface area contributed by atoms with Crippen LogP contribution in [0.2, 0.25) is 0 Å². The van der Waals surface area contributed by atoms with Crippen LogP contribution in [0.3, 0.4) is 0 Å². The van der Waals surface area contributed by atoms with E-state index in [2.05, 4.69) is 33.3 Å². The number of carboxylic acid groups (broad SMARTS) is 1. The summed E-state index contributed by atoms with van der Waals surface area (Å²) in [6, 6.07) is 0. The lowest BCUT2D eigenvalue weighted by Gasteiger charge is -2.23. The SMILES string of the molecule is CC(C(=O)O)[P+](C)(C)CC[P+](C)(C)C. The molecule has 1 unspecified atom stereocenters. The minimum absolute atomic E-state index is 0.144. The van der Waals surface area contributed by atoms with Crippen LogP contribution < -0.4 is 0 Å². The fourth-order valence-corrected chi connectivity index (χ4v) is 6.50. The van der Waals surface area contributed by atoms with Gasteiger partial charge in [0.1, 0.15) is 0 Å². The van der Waals surface area contributed by atoms with E-state index in [1.165, 1.54) is 6.16 Å². The van der Waals surface area contributed by atoms with Gasteiger partial charge in [-0.1, -0.05) is 0 Å². The van der Waals surface area contributed by atoms with Gasteiger partial charge < -0.3 is 5.11 Å². The zero-order chi connectivity index (χ0) is 11.6. The molecule has 0 aromatic rings. The van der Waals surface area contributed by atoms with Gasteiger partial charge in [0.05, 0.1) is 12.3 Å². The molecular formula is C10H24O2P2+2. The molecule has 1 atom stereocenters. The lowest BCUT2D eigenvalue weighted by molar-refractivity contribution is -0.136. The van der Waals surface area contributed by atoms with Gasteiger partial charge in [0.15, 0.2) is 5.66 Å². The first-order valence-corrected chi connectivity index (χ1v) is 11.2. The number of hydrogen-bond acceptors (Lipinski definition) is 1. The standard InChI is InChI=1S/C10H23O2P2/c1-9(10(11)12)14(5,6)8-7-13(2,3)4/h9H,7-8H2,1-6H3/q+1/p+1. The van der Waals surface area contributed by atoms with Crippen LogP contribution in [0.4, 0.5) is 0 Å². The Bertz CT molecular complexity index is 207. The van der Waals surface area contributed by atoms with E-state index >= 15 is 0 Å². The highest BCUT2D eigenvalue weighted by atomic mass is 31.2. The summed E-state index contributed by atoms with van der Waals surface area (Å²) in [5.74, 6) is -0.629. The summed E-state index contributed by atoms with van der Waals surface area (Å²) in [5.41, 5.74) is -0.144. The van der Waals surface area contributed by atoms with Crippen molar-refractivity contribution in [3.05, 3.63) is 0 Å². The van der Waals surface area contributed by atoms with Crippen molar-refractivity contribution in [3.8, 4) is 0 Å². The zero-order valence-electron chi connectivity index (χ0n) is 10.2. The molecule has 0 fully saturated rings. The smallest absolute Gasteiger partial charge is 0.344 e. The first-order chi connectivity index (χ1) is 6.06. The molecule has 14 heavy (non-hydrogen) atoms. The lowest BCUT2D eigenvalue weighted by Crippen LogP contribution is -2.22. The first-order valence-electron chi connectivity index (χ1n) is 4.92. The summed E-state index contributed by atoms with van der Waals surface area (Å²) < 4.78 is 0. The van der Waals surface area contributed by atoms with Crippen LogP contribution in [0.15, 0.2) is 0 Å². The Labute approximate surface area is 89.1 Å². The normalized spacial score (nSPS) is 15.3. The molecule has 4 heteroatoms. The third kappa shape index (κ3) is 5.27. The van der Waals surface area contributed by atoms with Crippen molar-refractivity contribution >= 4 is 20.5 Å². The molecule has 0 aliphatic carbocycles. The summed E-state index contributed by atoms with van der Waals surface area (Å²) in [4.78, 5) is 10.9. The molecule has 0 rings (SSSR count). The second-order valence-electron chi connectivity index (χ2n) is 5.53. The van der Waals surface area contributed by atoms with E-state index < -0.39 is 20.5 Å². The van der Waals surface area contributed by atoms with Crippen LogP contribution in [0, 0.1) is 0 Å². The second kappa shape index (κ2) is 4.90. The van der Waals surface area contributed by atoms with E-state index in [-0.39, 0.29) is 5.66 Å². The molecule has 84 valence electrons. The maximum atomic E-state index is 10.9. The molecule has 0 radical (unpaired) electrons. The summed E-state index contributed by atoms with van der Waals surface area (Å²) in [6.45, 7) is 13.1. The average molecular weight is 238 g/mol. The predicted octanol–water partition coefficient (Wildman–Crippen LogP) is 2.64. The molecule has 0 amide bonds. The van der Waals surface area contributed by atoms with E-state index in [1.54, 1.807) is 0 Å². The number of aliphatic carboxylic acids is 1. The van der Waals surface area contributed by atoms with Crippen LogP contribution in [0.1, 0.15) is 6.92 Å². The van der Waals surface area contributed by atoms with Gasteiger partial charge in [0.25, 0.3) is 0 Å². The van der Waals surface area contributed by atoms with Crippen LogP contribution in [-0.4, -0.2) is 62.4 Å². The van der Waals surface area contributed by atoms with Crippen molar-refractivity contribution in [1.82, 2.24) is 0 Å². The Balaban J connectivity index is 4.27. The molecule has 0 saturated heterocycles. The highest BCUT2D eigenvalue weighted by Gasteiger charge is 2.40. The molecule has 0 aromatic carbocycles. The van der Waals surface area contributed by atoms with E-state index in [0.717, 1.165) is 6.16 Å². The molecule has 2 nitrogen and oxygen atoms in total. The molecule has 0 bridgehead atoms. The van der Waals surface area contributed by atoms with Gasteiger partial charge in [0, 0.05) is 47.8 Å². The summed E-state index contributed by atoms with van der Waals surface area (Å²) in [5, 5.41) is 8.98. The van der Waals surface area contributed by atoms with Gasteiger partial charge >= 0.3 is 5.97 Å². The van der Waals surface area contributed by atoms with Gasteiger partial charge in [-0.2, -0.15) is 0 Å². The number of hydrogen-bond donors (Lipinski definition) is 1. The van der Waals surface area contributed by atoms with Crippen molar-refractivity contribution in [2.75, 3.05) is 45.6 Å². The maximum absolute atomic E-state index is 10.9. The van der Waals surface area contributed by atoms with Crippen LogP contribution in [0.25, 0.3) is 0 Å². The summed E-state index contributed by atoms with van der Waals surface area (Å²) >= 11 is 0. The molecule has 1 N–H and O–H groups in total. The topological polar surface area (TPSA) is 37.3 Å². The van der Waals surface area contributed by atoms with Gasteiger partial charge in [-0.15, -0.1) is 0 Å². The fourth-order valence-electron chi connectivity index (χ4n) is 1.05. The molecular weight excluding hydrogens is 214 g/mol. The summed E-state index contributed by atoms with van der Waals surface area (Å²) in [6.07, 6.45) is 2.35. The fraction of sp³-hybridized carbons (Fsp3) is 0.900. The highest BCUT2D eigenvalue weighted by Crippen LogP contribution is 2.60. The van der Waals surface area contributed by atoms with Gasteiger partial charge in [-0.25, -0.2) is 4.79 Å². The Hall–Kier alpha value is 0.330. The van der Waals surface area contributed by atoms with Crippen LogP contribution >= 0.6 is 14.5 Å². The lowest BCUT2D eigenvalue weighted by atomic mass is 10.5. The maximum Gasteiger partial charge on any atom is 0.344 e. The number of carbonyl (C=O) groups is 1. The van der Waals surface area contributed by atoms with Crippen molar-refractivity contribution in [2.24, 2.45) is 0 Å². The van der Waals surface area contributed by atoms with Crippen LogP contribution in [0.5, 0.6) is 0 Å². The van der Waals surface area contributed by atoms with Crippen molar-refractivity contribution in [2.45, 2.75) is 12.6 Å². The Morgan fingerprint density at radius 3 is 1.86 bits per heavy atom. The molecule has 0 spiro atoms. The monoisotopic (exact) mass is 238 g/mol. The van der Waals surface area contributed by atoms with E-state index in [4.69, 9.17) is 5.11 Å². The van der Waals surface area contributed by atoms with E-state index in [0.29, 0.717) is 0 Å². The predicted molar refractivity (Wildman–Crippen MR) is 70.3 cm³/mol. The molecule has 0 heterocycles. The van der Waals surface area contributed by atoms with Crippen LogP contribution in [-0.2, 0) is 4.79 Å². The molecule has 0 aliphatic heterocycles. The van der Waals surface area contributed by atoms with Gasteiger partial charge in [-0.3, -0.25) is 0 Å². The van der Waals surface area contributed by atoms with E-state index in [9.17, 15) is 4.79 Å². The first kappa shape index (κ1) is 14.3.